The van der Waals surface area contributed by atoms with Crippen LogP contribution >= 0.6 is 0 Å². The molecule has 1 atom stereocenters. The zero-order valence-electron chi connectivity index (χ0n) is 12.0. The molecule has 1 unspecified atom stereocenters. The van der Waals surface area contributed by atoms with E-state index >= 15 is 0 Å². The van der Waals surface area contributed by atoms with Gasteiger partial charge in [0.25, 0.3) is 0 Å². The number of hydrogen-bond acceptors (Lipinski definition) is 1. The van der Waals surface area contributed by atoms with Crippen molar-refractivity contribution >= 4 is 38.6 Å². The third kappa shape index (κ3) is 1.67. The summed E-state index contributed by atoms with van der Waals surface area (Å²) in [5.41, 5.74) is 1.15. The minimum absolute atomic E-state index is 0.0189. The molecule has 4 aromatic carbocycles. The summed E-state index contributed by atoms with van der Waals surface area (Å²) in [6, 6.07) is 19.4. The van der Waals surface area contributed by atoms with E-state index in [-0.39, 0.29) is 5.92 Å². The topological polar surface area (TPSA) is 17.1 Å². The Balaban J connectivity index is 2.23. The predicted octanol–water partition coefficient (Wildman–Crippen LogP) is 5.28. The van der Waals surface area contributed by atoms with Crippen molar-refractivity contribution in [3.63, 3.8) is 0 Å². The van der Waals surface area contributed by atoms with Crippen LogP contribution in [0.4, 0.5) is 0 Å². The van der Waals surface area contributed by atoms with Crippen LogP contribution in [0.25, 0.3) is 32.3 Å². The monoisotopic (exact) mass is 272 g/mol. The maximum atomic E-state index is 11.4. The SMILES string of the molecule is CCC(C=O)c1ccc2ccc3cccc4ccc1c2c34. The highest BCUT2D eigenvalue weighted by molar-refractivity contribution is 6.23. The summed E-state index contributed by atoms with van der Waals surface area (Å²) >= 11 is 0. The highest BCUT2D eigenvalue weighted by Gasteiger charge is 2.15. The summed E-state index contributed by atoms with van der Waals surface area (Å²) < 4.78 is 0. The fourth-order valence-electron chi connectivity index (χ4n) is 3.47. The summed E-state index contributed by atoms with van der Waals surface area (Å²) in [4.78, 5) is 11.4. The Labute approximate surface area is 123 Å². The zero-order valence-corrected chi connectivity index (χ0v) is 12.0. The first-order valence-corrected chi connectivity index (χ1v) is 7.45. The van der Waals surface area contributed by atoms with Crippen molar-refractivity contribution in [3.05, 3.63) is 60.2 Å². The smallest absolute Gasteiger partial charge is 0.127 e. The molecular weight excluding hydrogens is 256 g/mol. The Morgan fingerprint density at radius 1 is 0.857 bits per heavy atom. The van der Waals surface area contributed by atoms with Gasteiger partial charge in [0.2, 0.25) is 0 Å². The molecule has 0 spiro atoms. The lowest BCUT2D eigenvalue weighted by molar-refractivity contribution is -0.109. The third-order valence-electron chi connectivity index (χ3n) is 4.57. The Morgan fingerprint density at radius 2 is 1.48 bits per heavy atom. The molecule has 0 N–H and O–H groups in total. The van der Waals surface area contributed by atoms with Crippen molar-refractivity contribution in [3.8, 4) is 0 Å². The molecule has 4 aromatic rings. The van der Waals surface area contributed by atoms with Gasteiger partial charge in [-0.2, -0.15) is 0 Å². The molecule has 0 heterocycles. The number of rotatable bonds is 3. The van der Waals surface area contributed by atoms with Gasteiger partial charge in [-0.15, -0.1) is 0 Å². The Hall–Kier alpha value is -2.41. The first-order chi connectivity index (χ1) is 10.3. The van der Waals surface area contributed by atoms with Crippen molar-refractivity contribution < 1.29 is 4.79 Å². The van der Waals surface area contributed by atoms with E-state index in [1.54, 1.807) is 0 Å². The molecule has 0 aliphatic heterocycles. The van der Waals surface area contributed by atoms with Crippen molar-refractivity contribution in [2.75, 3.05) is 0 Å². The molecule has 21 heavy (non-hydrogen) atoms. The summed E-state index contributed by atoms with van der Waals surface area (Å²) in [5.74, 6) is -0.0189. The molecule has 0 bridgehead atoms. The lowest BCUT2D eigenvalue weighted by atomic mass is 9.87. The summed E-state index contributed by atoms with van der Waals surface area (Å²) in [7, 11) is 0. The van der Waals surface area contributed by atoms with Gasteiger partial charge in [-0.3, -0.25) is 0 Å². The van der Waals surface area contributed by atoms with E-state index in [2.05, 4.69) is 61.5 Å². The molecule has 0 fully saturated rings. The van der Waals surface area contributed by atoms with Crippen molar-refractivity contribution in [2.24, 2.45) is 0 Å². The summed E-state index contributed by atoms with van der Waals surface area (Å²) in [6.45, 7) is 2.07. The maximum absolute atomic E-state index is 11.4. The summed E-state index contributed by atoms with van der Waals surface area (Å²) in [5, 5.41) is 7.61. The van der Waals surface area contributed by atoms with E-state index in [9.17, 15) is 4.79 Å². The first-order valence-electron chi connectivity index (χ1n) is 7.45. The Kier molecular flexibility index (Phi) is 2.68. The first kappa shape index (κ1) is 12.3. The normalized spacial score (nSPS) is 13.2. The number of benzene rings is 4. The van der Waals surface area contributed by atoms with Crippen LogP contribution in [-0.2, 0) is 4.79 Å². The third-order valence-corrected chi connectivity index (χ3v) is 4.57. The average molecular weight is 272 g/mol. The molecule has 0 aliphatic carbocycles. The highest BCUT2D eigenvalue weighted by Crippen LogP contribution is 2.37. The van der Waals surface area contributed by atoms with E-state index in [1.807, 2.05) is 0 Å². The Morgan fingerprint density at radius 3 is 2.14 bits per heavy atom. The van der Waals surface area contributed by atoms with Gasteiger partial charge in [0.05, 0.1) is 0 Å². The number of carbonyl (C=O) groups is 1. The molecule has 1 nitrogen and oxygen atoms in total. The van der Waals surface area contributed by atoms with Crippen LogP contribution < -0.4 is 0 Å². The standard InChI is InChI=1S/C20H16O/c1-2-13(12-21)17-10-8-16-7-6-14-4-3-5-15-9-11-18(17)20(16)19(14)15/h3-13H,2H2,1H3. The second kappa shape index (κ2) is 4.56. The van der Waals surface area contributed by atoms with Crippen LogP contribution in [0.1, 0.15) is 24.8 Å². The maximum Gasteiger partial charge on any atom is 0.127 e. The van der Waals surface area contributed by atoms with Crippen LogP contribution in [0.5, 0.6) is 0 Å². The lowest BCUT2D eigenvalue weighted by Crippen LogP contribution is -2.00. The van der Waals surface area contributed by atoms with Gasteiger partial charge in [0.15, 0.2) is 0 Å². The fourth-order valence-corrected chi connectivity index (χ4v) is 3.47. The van der Waals surface area contributed by atoms with Crippen LogP contribution in [0, 0.1) is 0 Å². The van der Waals surface area contributed by atoms with Gasteiger partial charge in [0, 0.05) is 5.92 Å². The minimum Gasteiger partial charge on any atom is -0.303 e. The van der Waals surface area contributed by atoms with E-state index in [4.69, 9.17) is 0 Å². The van der Waals surface area contributed by atoms with Crippen molar-refractivity contribution in [2.45, 2.75) is 19.3 Å². The van der Waals surface area contributed by atoms with E-state index in [0.29, 0.717) is 0 Å². The van der Waals surface area contributed by atoms with Gasteiger partial charge in [0.1, 0.15) is 6.29 Å². The molecule has 0 saturated carbocycles. The molecule has 102 valence electrons. The number of hydrogen-bond donors (Lipinski definition) is 0. The van der Waals surface area contributed by atoms with Crippen molar-refractivity contribution in [1.82, 2.24) is 0 Å². The van der Waals surface area contributed by atoms with Gasteiger partial charge in [-0.05, 0) is 44.3 Å². The predicted molar refractivity (Wildman–Crippen MR) is 89.2 cm³/mol. The van der Waals surface area contributed by atoms with E-state index in [0.717, 1.165) is 18.3 Å². The number of aldehydes is 1. The summed E-state index contributed by atoms with van der Waals surface area (Å²) in [6.07, 6.45) is 1.92. The largest absolute Gasteiger partial charge is 0.303 e. The molecule has 4 rings (SSSR count). The van der Waals surface area contributed by atoms with E-state index in [1.165, 1.54) is 32.3 Å². The molecule has 0 aliphatic rings. The second-order valence-electron chi connectivity index (χ2n) is 5.66. The molecule has 0 aromatic heterocycles. The Bertz CT molecular complexity index is 936. The number of carbonyl (C=O) groups excluding carboxylic acids is 1. The zero-order chi connectivity index (χ0) is 14.4. The van der Waals surface area contributed by atoms with E-state index < -0.39 is 0 Å². The lowest BCUT2D eigenvalue weighted by Gasteiger charge is -2.16. The van der Waals surface area contributed by atoms with Gasteiger partial charge in [-0.1, -0.05) is 61.5 Å². The molecule has 1 heteroatoms. The quantitative estimate of drug-likeness (QED) is 0.366. The fraction of sp³-hybridized carbons (Fsp3) is 0.150. The average Bonchev–Trinajstić information content (AvgIpc) is 2.55. The highest BCUT2D eigenvalue weighted by atomic mass is 16.1. The van der Waals surface area contributed by atoms with Crippen LogP contribution in [0.15, 0.2) is 54.6 Å². The van der Waals surface area contributed by atoms with Crippen LogP contribution in [0.2, 0.25) is 0 Å². The van der Waals surface area contributed by atoms with Crippen LogP contribution in [0.3, 0.4) is 0 Å². The molecule has 0 radical (unpaired) electrons. The van der Waals surface area contributed by atoms with Crippen molar-refractivity contribution in [1.29, 1.82) is 0 Å². The van der Waals surface area contributed by atoms with Gasteiger partial charge < -0.3 is 4.79 Å². The minimum atomic E-state index is -0.0189. The van der Waals surface area contributed by atoms with Gasteiger partial charge in [-0.25, -0.2) is 0 Å². The van der Waals surface area contributed by atoms with Gasteiger partial charge >= 0.3 is 0 Å². The second-order valence-corrected chi connectivity index (χ2v) is 5.66. The molecule has 0 saturated heterocycles. The molecule has 0 amide bonds. The molecular formula is C20H16O. The van der Waals surface area contributed by atoms with Crippen LogP contribution in [-0.4, -0.2) is 6.29 Å².